The number of halogens is 6. The van der Waals surface area contributed by atoms with E-state index in [-0.39, 0.29) is 32.0 Å². The molecule has 4 rings (SSSR count). The predicted molar refractivity (Wildman–Crippen MR) is 133 cm³/mol. The Morgan fingerprint density at radius 3 is 2.36 bits per heavy atom. The highest BCUT2D eigenvalue weighted by Crippen LogP contribution is 2.49. The molecule has 5 nitrogen and oxygen atoms in total. The Bertz CT molecular complexity index is 1380. The molecule has 1 heterocycles. The van der Waals surface area contributed by atoms with Gasteiger partial charge in [-0.05, 0) is 42.5 Å². The topological polar surface area (TPSA) is 62.7 Å². The third-order valence-corrected chi connectivity index (χ3v) is 5.99. The Morgan fingerprint density at radius 1 is 1.00 bits per heavy atom. The van der Waals surface area contributed by atoms with E-state index in [9.17, 15) is 18.0 Å². The quantitative estimate of drug-likeness (QED) is 0.279. The van der Waals surface area contributed by atoms with Crippen molar-refractivity contribution in [3.05, 3.63) is 98.5 Å². The van der Waals surface area contributed by atoms with Crippen LogP contribution in [0.1, 0.15) is 23.1 Å². The normalized spacial score (nSPS) is 16.9. The summed E-state index contributed by atoms with van der Waals surface area (Å²) in [4.78, 5) is 17.1. The van der Waals surface area contributed by atoms with Crippen LogP contribution in [-0.2, 0) is 15.2 Å². The van der Waals surface area contributed by atoms with Gasteiger partial charge in [0.1, 0.15) is 0 Å². The number of hydrogen-bond donors (Lipinski definition) is 2. The first-order valence-corrected chi connectivity index (χ1v) is 11.4. The summed E-state index contributed by atoms with van der Waals surface area (Å²) in [6.45, 7) is 0. The zero-order valence-corrected chi connectivity index (χ0v) is 20.4. The maximum Gasteiger partial charge on any atom is 0.435 e. The standard InChI is InChI=1S/C25H15Cl3F3N3O2/c26-18-11-17(12-19(27)13-18)24(25(29,30)31)14-22(34-36-24)16-7-8-20(28)21(10-16)32-33-23(35)9-6-15-4-2-1-3-5-15/h1-5,7-8,10-13,32H,14H2,(H,33,35). The molecule has 0 saturated heterocycles. The van der Waals surface area contributed by atoms with Crippen LogP contribution in [-0.4, -0.2) is 17.8 Å². The number of nitrogens with one attached hydrogen (secondary N) is 2. The molecule has 0 bridgehead atoms. The van der Waals surface area contributed by atoms with Crippen molar-refractivity contribution < 1.29 is 22.8 Å². The lowest BCUT2D eigenvalue weighted by Crippen LogP contribution is -2.42. The first-order valence-electron chi connectivity index (χ1n) is 10.3. The maximum absolute atomic E-state index is 14.2. The van der Waals surface area contributed by atoms with Crippen LogP contribution in [0.3, 0.4) is 0 Å². The lowest BCUT2D eigenvalue weighted by atomic mass is 9.86. The van der Waals surface area contributed by atoms with Crippen LogP contribution in [0.4, 0.5) is 18.9 Å². The second kappa shape index (κ2) is 10.3. The van der Waals surface area contributed by atoms with E-state index in [2.05, 4.69) is 27.8 Å². The monoisotopic (exact) mass is 551 g/mol. The van der Waals surface area contributed by atoms with Gasteiger partial charge in [-0.25, -0.2) is 0 Å². The van der Waals surface area contributed by atoms with Gasteiger partial charge in [-0.15, -0.1) is 0 Å². The van der Waals surface area contributed by atoms with Gasteiger partial charge >= 0.3 is 12.1 Å². The predicted octanol–water partition coefficient (Wildman–Crippen LogP) is 6.72. The first kappa shape index (κ1) is 25.7. The van der Waals surface area contributed by atoms with Crippen LogP contribution in [0, 0.1) is 11.8 Å². The van der Waals surface area contributed by atoms with Crippen molar-refractivity contribution in [2.45, 2.75) is 18.2 Å². The summed E-state index contributed by atoms with van der Waals surface area (Å²) in [5.74, 6) is 4.48. The van der Waals surface area contributed by atoms with E-state index in [0.29, 0.717) is 11.1 Å². The number of benzene rings is 3. The minimum absolute atomic E-state index is 0.0123. The number of carbonyl (C=O) groups is 1. The Kier molecular flexibility index (Phi) is 7.36. The van der Waals surface area contributed by atoms with Crippen LogP contribution in [0.15, 0.2) is 71.9 Å². The molecule has 0 fully saturated rings. The number of rotatable bonds is 4. The van der Waals surface area contributed by atoms with Gasteiger partial charge in [0.25, 0.3) is 5.60 Å². The summed E-state index contributed by atoms with van der Waals surface area (Å²) in [7, 11) is 0. The van der Waals surface area contributed by atoms with E-state index in [0.717, 1.165) is 12.1 Å². The Morgan fingerprint density at radius 2 is 1.69 bits per heavy atom. The number of carbonyl (C=O) groups excluding carboxylic acids is 1. The highest BCUT2D eigenvalue weighted by molar-refractivity contribution is 6.34. The Hall–Kier alpha value is -3.38. The van der Waals surface area contributed by atoms with Crippen molar-refractivity contribution in [2.75, 3.05) is 5.43 Å². The SMILES string of the molecule is O=C(C#Cc1ccccc1)NNc1cc(C2=NOC(c3cc(Cl)cc(Cl)c3)(C(F)(F)F)C2)ccc1Cl. The second-order valence-corrected chi connectivity index (χ2v) is 8.96. The molecule has 1 amide bonds. The third-order valence-electron chi connectivity index (χ3n) is 5.22. The summed E-state index contributed by atoms with van der Waals surface area (Å²) in [6, 6.07) is 16.9. The van der Waals surface area contributed by atoms with Gasteiger partial charge in [-0.1, -0.05) is 70.1 Å². The van der Waals surface area contributed by atoms with Crippen molar-refractivity contribution in [3.8, 4) is 11.8 Å². The molecule has 0 spiro atoms. The molecule has 1 unspecified atom stereocenters. The van der Waals surface area contributed by atoms with E-state index < -0.39 is 24.1 Å². The molecule has 1 atom stereocenters. The van der Waals surface area contributed by atoms with Gasteiger partial charge in [0.15, 0.2) is 0 Å². The lowest BCUT2D eigenvalue weighted by Gasteiger charge is -2.29. The number of amides is 1. The van der Waals surface area contributed by atoms with Gasteiger partial charge in [-0.3, -0.25) is 15.6 Å². The summed E-state index contributed by atoms with van der Waals surface area (Å²) in [6.07, 6.45) is -5.46. The Labute approximate surface area is 219 Å². The van der Waals surface area contributed by atoms with E-state index in [1.807, 2.05) is 6.07 Å². The molecular formula is C25H15Cl3F3N3O2. The summed E-state index contributed by atoms with van der Waals surface area (Å²) < 4.78 is 42.7. The average Bonchev–Trinajstić information content (AvgIpc) is 3.29. The molecule has 0 aliphatic carbocycles. The summed E-state index contributed by atoms with van der Waals surface area (Å²) >= 11 is 18.1. The lowest BCUT2D eigenvalue weighted by molar-refractivity contribution is -0.275. The molecule has 0 saturated carbocycles. The van der Waals surface area contributed by atoms with Crippen LogP contribution < -0.4 is 10.9 Å². The van der Waals surface area contributed by atoms with Crippen LogP contribution in [0.2, 0.25) is 15.1 Å². The van der Waals surface area contributed by atoms with E-state index in [4.69, 9.17) is 39.6 Å². The molecule has 3 aromatic carbocycles. The maximum atomic E-state index is 14.2. The molecule has 36 heavy (non-hydrogen) atoms. The van der Waals surface area contributed by atoms with Crippen molar-refractivity contribution >= 4 is 52.1 Å². The number of alkyl halides is 3. The molecule has 2 N–H and O–H groups in total. The third kappa shape index (κ3) is 5.54. The molecule has 11 heteroatoms. The first-order chi connectivity index (χ1) is 17.1. The van der Waals surface area contributed by atoms with E-state index in [1.165, 1.54) is 24.3 Å². The van der Waals surface area contributed by atoms with Gasteiger partial charge in [-0.2, -0.15) is 13.2 Å². The van der Waals surface area contributed by atoms with Gasteiger partial charge in [0, 0.05) is 39.1 Å². The summed E-state index contributed by atoms with van der Waals surface area (Å²) in [5.41, 5.74) is 3.14. The zero-order chi connectivity index (χ0) is 25.9. The molecular weight excluding hydrogens is 538 g/mol. The fourth-order valence-corrected chi connectivity index (χ4v) is 4.14. The number of nitrogens with zero attached hydrogens (tertiary/aromatic N) is 1. The summed E-state index contributed by atoms with van der Waals surface area (Å²) in [5, 5.41) is 3.99. The van der Waals surface area contributed by atoms with Crippen LogP contribution >= 0.6 is 34.8 Å². The smallest absolute Gasteiger partial charge is 0.374 e. The Balaban J connectivity index is 1.53. The van der Waals surface area contributed by atoms with Gasteiger partial charge in [0.05, 0.1) is 16.4 Å². The fourth-order valence-electron chi connectivity index (χ4n) is 3.45. The number of oxime groups is 1. The highest BCUT2D eigenvalue weighted by atomic mass is 35.5. The van der Waals surface area contributed by atoms with Gasteiger partial charge in [0.2, 0.25) is 0 Å². The van der Waals surface area contributed by atoms with E-state index >= 15 is 0 Å². The number of anilines is 1. The van der Waals surface area contributed by atoms with Crippen LogP contribution in [0.5, 0.6) is 0 Å². The zero-order valence-electron chi connectivity index (χ0n) is 18.1. The highest BCUT2D eigenvalue weighted by Gasteiger charge is 2.62. The number of hydrogen-bond acceptors (Lipinski definition) is 4. The molecule has 184 valence electrons. The number of hydrazine groups is 1. The van der Waals surface area contributed by atoms with Crippen molar-refractivity contribution in [1.29, 1.82) is 0 Å². The fraction of sp³-hybridized carbons (Fsp3) is 0.120. The molecule has 0 radical (unpaired) electrons. The molecule has 3 aromatic rings. The average molecular weight is 553 g/mol. The second-order valence-electron chi connectivity index (χ2n) is 7.68. The van der Waals surface area contributed by atoms with E-state index in [1.54, 1.807) is 24.3 Å². The minimum Gasteiger partial charge on any atom is -0.374 e. The molecule has 0 aromatic heterocycles. The van der Waals surface area contributed by atoms with Crippen molar-refractivity contribution in [2.24, 2.45) is 5.16 Å². The van der Waals surface area contributed by atoms with Crippen molar-refractivity contribution in [1.82, 2.24) is 5.43 Å². The van der Waals surface area contributed by atoms with Crippen molar-refractivity contribution in [3.63, 3.8) is 0 Å². The molecule has 1 aliphatic rings. The van der Waals surface area contributed by atoms with Gasteiger partial charge < -0.3 is 4.84 Å². The minimum atomic E-state index is -4.83. The molecule has 1 aliphatic heterocycles. The largest absolute Gasteiger partial charge is 0.435 e. The van der Waals surface area contributed by atoms with Crippen LogP contribution in [0.25, 0.3) is 0 Å².